The number of ether oxygens (including phenoxy) is 2. The molecule has 31 heavy (non-hydrogen) atoms. The van der Waals surface area contributed by atoms with Gasteiger partial charge in [-0.05, 0) is 48.7 Å². The third-order valence-electron chi connectivity index (χ3n) is 5.33. The molecule has 0 N–H and O–H groups in total. The molecular weight excluding hydrogens is 440 g/mol. The minimum absolute atomic E-state index is 0.0265. The number of benzene rings is 2. The highest BCUT2D eigenvalue weighted by Crippen LogP contribution is 2.30. The molecule has 1 saturated heterocycles. The monoisotopic (exact) mass is 466 g/mol. The van der Waals surface area contributed by atoms with Gasteiger partial charge in [-0.2, -0.15) is 4.31 Å². The number of methoxy groups -OCH3 is 2. The van der Waals surface area contributed by atoms with Crippen molar-refractivity contribution in [2.45, 2.75) is 30.7 Å². The van der Waals surface area contributed by atoms with Crippen molar-refractivity contribution in [3.63, 3.8) is 0 Å². The minimum atomic E-state index is -3.75. The van der Waals surface area contributed by atoms with Gasteiger partial charge in [0.2, 0.25) is 10.0 Å². The molecule has 0 aliphatic carbocycles. The first-order chi connectivity index (χ1) is 14.8. The second-order valence-corrected chi connectivity index (χ2v) is 9.77. The van der Waals surface area contributed by atoms with Gasteiger partial charge in [0, 0.05) is 32.2 Å². The zero-order chi connectivity index (χ0) is 22.6. The van der Waals surface area contributed by atoms with Crippen molar-refractivity contribution in [3.05, 3.63) is 52.5 Å². The van der Waals surface area contributed by atoms with E-state index in [-0.39, 0.29) is 21.4 Å². The smallest absolute Gasteiger partial charge is 0.253 e. The summed E-state index contributed by atoms with van der Waals surface area (Å²) in [5.41, 5.74) is 1.12. The van der Waals surface area contributed by atoms with Crippen LogP contribution in [-0.2, 0) is 16.6 Å². The van der Waals surface area contributed by atoms with E-state index >= 15 is 0 Å². The van der Waals surface area contributed by atoms with Crippen molar-refractivity contribution in [1.82, 2.24) is 9.21 Å². The predicted molar refractivity (Wildman–Crippen MR) is 119 cm³/mol. The van der Waals surface area contributed by atoms with Crippen molar-refractivity contribution >= 4 is 27.5 Å². The van der Waals surface area contributed by atoms with Gasteiger partial charge in [0.05, 0.1) is 19.2 Å². The maximum Gasteiger partial charge on any atom is 0.253 e. The molecule has 0 aromatic heterocycles. The summed E-state index contributed by atoms with van der Waals surface area (Å²) in [7, 11) is 1.02. The Morgan fingerprint density at radius 2 is 1.71 bits per heavy atom. The van der Waals surface area contributed by atoms with Crippen LogP contribution in [0.4, 0.5) is 0 Å². The zero-order valence-electron chi connectivity index (χ0n) is 17.9. The fraction of sp³-hybridized carbons (Fsp3) is 0.409. The van der Waals surface area contributed by atoms with Gasteiger partial charge in [-0.1, -0.05) is 24.1 Å². The standard InChI is InChI=1S/C22H27ClN2O5S/c1-24(15-16-7-10-19(29-2)20(13-16)30-3)22(26)17-8-9-18(23)21(14-17)31(27,28)25-11-5-4-6-12-25/h7-10,13-14H,4-6,11-12,15H2,1-3H3. The third-order valence-corrected chi connectivity index (χ3v) is 7.71. The number of halogens is 1. The highest BCUT2D eigenvalue weighted by atomic mass is 35.5. The van der Waals surface area contributed by atoms with E-state index in [0.717, 1.165) is 24.8 Å². The van der Waals surface area contributed by atoms with Gasteiger partial charge >= 0.3 is 0 Å². The number of hydrogen-bond donors (Lipinski definition) is 0. The predicted octanol–water partition coefficient (Wildman–Crippen LogP) is 3.80. The van der Waals surface area contributed by atoms with Crippen LogP contribution in [0.1, 0.15) is 35.2 Å². The van der Waals surface area contributed by atoms with Gasteiger partial charge in [-0.3, -0.25) is 4.79 Å². The topological polar surface area (TPSA) is 76.2 Å². The maximum absolute atomic E-state index is 13.1. The summed E-state index contributed by atoms with van der Waals surface area (Å²) in [6.45, 7) is 1.25. The van der Waals surface area contributed by atoms with E-state index < -0.39 is 10.0 Å². The van der Waals surface area contributed by atoms with Crippen LogP contribution in [-0.4, -0.2) is 57.9 Å². The molecular formula is C22H27ClN2O5S. The van der Waals surface area contributed by atoms with Crippen LogP contribution >= 0.6 is 11.6 Å². The van der Waals surface area contributed by atoms with Crippen LogP contribution in [0.5, 0.6) is 11.5 Å². The first-order valence-corrected chi connectivity index (χ1v) is 11.9. The maximum atomic E-state index is 13.1. The van der Waals surface area contributed by atoms with Crippen LogP contribution in [0, 0.1) is 0 Å². The van der Waals surface area contributed by atoms with E-state index in [4.69, 9.17) is 21.1 Å². The Balaban J connectivity index is 1.82. The number of rotatable bonds is 7. The molecule has 0 atom stereocenters. The summed E-state index contributed by atoms with van der Waals surface area (Å²) in [5, 5.41) is 0.115. The molecule has 1 heterocycles. The molecule has 1 aliphatic heterocycles. The van der Waals surface area contributed by atoms with Crippen LogP contribution in [0.2, 0.25) is 5.02 Å². The Kier molecular flexibility index (Phi) is 7.46. The van der Waals surface area contributed by atoms with Gasteiger partial charge in [0.25, 0.3) is 5.91 Å². The van der Waals surface area contributed by atoms with Gasteiger partial charge in [-0.25, -0.2) is 8.42 Å². The second kappa shape index (κ2) is 9.89. The van der Waals surface area contributed by atoms with Crippen molar-refractivity contribution in [1.29, 1.82) is 0 Å². The number of piperidine rings is 1. The lowest BCUT2D eigenvalue weighted by Gasteiger charge is -2.26. The Morgan fingerprint density at radius 1 is 1.03 bits per heavy atom. The summed E-state index contributed by atoms with van der Waals surface area (Å²) in [6.07, 6.45) is 2.66. The second-order valence-electron chi connectivity index (χ2n) is 7.46. The van der Waals surface area contributed by atoms with Crippen LogP contribution in [0.3, 0.4) is 0 Å². The summed E-state index contributed by atoms with van der Waals surface area (Å²) in [6, 6.07) is 9.81. The van der Waals surface area contributed by atoms with Crippen LogP contribution in [0.15, 0.2) is 41.3 Å². The molecule has 1 aliphatic rings. The molecule has 0 bridgehead atoms. The molecule has 0 spiro atoms. The molecule has 9 heteroatoms. The number of sulfonamides is 1. The Hall–Kier alpha value is -2.29. The summed E-state index contributed by atoms with van der Waals surface area (Å²) in [5.74, 6) is 0.870. The molecule has 0 saturated carbocycles. The highest BCUT2D eigenvalue weighted by Gasteiger charge is 2.29. The number of hydrogen-bond acceptors (Lipinski definition) is 5. The number of carbonyl (C=O) groups excluding carboxylic acids is 1. The fourth-order valence-electron chi connectivity index (χ4n) is 3.62. The normalized spacial score (nSPS) is 14.8. The first kappa shape index (κ1) is 23.4. The van der Waals surface area contributed by atoms with E-state index in [1.54, 1.807) is 39.5 Å². The molecule has 1 fully saturated rings. The molecule has 3 rings (SSSR count). The first-order valence-electron chi connectivity index (χ1n) is 10.0. The third kappa shape index (κ3) is 5.14. The average molecular weight is 467 g/mol. The average Bonchev–Trinajstić information content (AvgIpc) is 2.79. The van der Waals surface area contributed by atoms with Crippen LogP contribution in [0.25, 0.3) is 0 Å². The van der Waals surface area contributed by atoms with Crippen molar-refractivity contribution in [2.75, 3.05) is 34.4 Å². The summed E-state index contributed by atoms with van der Waals surface area (Å²) >= 11 is 6.22. The molecule has 2 aromatic carbocycles. The molecule has 0 unspecified atom stereocenters. The lowest BCUT2D eigenvalue weighted by Crippen LogP contribution is -2.36. The van der Waals surface area contributed by atoms with Gasteiger partial charge in [0.1, 0.15) is 4.90 Å². The number of carbonyl (C=O) groups is 1. The lowest BCUT2D eigenvalue weighted by atomic mass is 10.1. The molecule has 2 aromatic rings. The SMILES string of the molecule is COc1ccc(CN(C)C(=O)c2ccc(Cl)c(S(=O)(=O)N3CCCCC3)c2)cc1OC. The molecule has 0 radical (unpaired) electrons. The number of amides is 1. The van der Waals surface area contributed by atoms with Gasteiger partial charge in [0.15, 0.2) is 11.5 Å². The van der Waals surface area contributed by atoms with Crippen molar-refractivity contribution < 1.29 is 22.7 Å². The van der Waals surface area contributed by atoms with Gasteiger partial charge in [-0.15, -0.1) is 0 Å². The van der Waals surface area contributed by atoms with Crippen LogP contribution < -0.4 is 9.47 Å². The molecule has 1 amide bonds. The zero-order valence-corrected chi connectivity index (χ0v) is 19.5. The fourth-order valence-corrected chi connectivity index (χ4v) is 5.64. The molecule has 168 valence electrons. The van der Waals surface area contributed by atoms with E-state index in [2.05, 4.69) is 0 Å². The lowest BCUT2D eigenvalue weighted by molar-refractivity contribution is 0.0784. The van der Waals surface area contributed by atoms with E-state index in [0.29, 0.717) is 31.1 Å². The van der Waals surface area contributed by atoms with E-state index in [9.17, 15) is 13.2 Å². The summed E-state index contributed by atoms with van der Waals surface area (Å²) in [4.78, 5) is 14.5. The largest absolute Gasteiger partial charge is 0.493 e. The van der Waals surface area contributed by atoms with E-state index in [1.165, 1.54) is 21.3 Å². The Bertz CT molecular complexity index is 1050. The van der Waals surface area contributed by atoms with E-state index in [1.807, 2.05) is 6.07 Å². The quantitative estimate of drug-likeness (QED) is 0.620. The summed E-state index contributed by atoms with van der Waals surface area (Å²) < 4.78 is 38.1. The highest BCUT2D eigenvalue weighted by molar-refractivity contribution is 7.89. The van der Waals surface area contributed by atoms with Gasteiger partial charge < -0.3 is 14.4 Å². The molecule has 7 nitrogen and oxygen atoms in total. The minimum Gasteiger partial charge on any atom is -0.493 e. The van der Waals surface area contributed by atoms with Crippen molar-refractivity contribution in [2.24, 2.45) is 0 Å². The number of nitrogens with zero attached hydrogens (tertiary/aromatic N) is 2. The Morgan fingerprint density at radius 3 is 2.35 bits per heavy atom. The Labute approximate surface area is 188 Å². The van der Waals surface area contributed by atoms with Crippen molar-refractivity contribution in [3.8, 4) is 11.5 Å².